The number of pyridine rings is 1. The van der Waals surface area contributed by atoms with Crippen LogP contribution < -0.4 is 19.3 Å². The number of rotatable bonds is 2. The van der Waals surface area contributed by atoms with Gasteiger partial charge in [0.05, 0.1) is 13.1 Å². The number of fused-ring (bicyclic) bond motifs is 3. The fraction of sp³-hybridized carbons (Fsp3) is 0.136. The molecule has 0 atom stereocenters. The molecule has 6 rings (SSSR count). The van der Waals surface area contributed by atoms with Crippen LogP contribution in [0.4, 0.5) is 11.5 Å². The molecule has 1 aromatic heterocycles. The van der Waals surface area contributed by atoms with Crippen molar-refractivity contribution < 1.29 is 19.1 Å². The Morgan fingerprint density at radius 3 is 2.52 bits per heavy atom. The molecule has 0 saturated carbocycles. The lowest BCUT2D eigenvalue weighted by molar-refractivity contribution is 0.0982. The van der Waals surface area contributed by atoms with Crippen LogP contribution >= 0.6 is 0 Å². The maximum absolute atomic E-state index is 13.1. The van der Waals surface area contributed by atoms with Gasteiger partial charge in [-0.2, -0.15) is 0 Å². The first-order valence-electron chi connectivity index (χ1n) is 9.30. The van der Waals surface area contributed by atoms with Crippen LogP contribution in [0, 0.1) is 0 Å². The van der Waals surface area contributed by atoms with E-state index >= 15 is 0 Å². The van der Waals surface area contributed by atoms with Gasteiger partial charge in [-0.25, -0.2) is 4.98 Å². The van der Waals surface area contributed by atoms with Gasteiger partial charge < -0.3 is 14.4 Å². The number of amides is 2. The Morgan fingerprint density at radius 1 is 0.793 bits per heavy atom. The van der Waals surface area contributed by atoms with E-state index in [-0.39, 0.29) is 18.6 Å². The Hall–Kier alpha value is -3.87. The summed E-state index contributed by atoms with van der Waals surface area (Å²) in [6.07, 6.45) is 0. The van der Waals surface area contributed by atoms with Gasteiger partial charge in [-0.15, -0.1) is 0 Å². The fourth-order valence-electron chi connectivity index (χ4n) is 4.01. The van der Waals surface area contributed by atoms with Crippen LogP contribution in [0.1, 0.15) is 32.0 Å². The van der Waals surface area contributed by atoms with Crippen LogP contribution in [0.5, 0.6) is 11.5 Å². The van der Waals surface area contributed by atoms with E-state index in [2.05, 4.69) is 4.98 Å². The quantitative estimate of drug-likeness (QED) is 0.678. The molecule has 2 amide bonds. The van der Waals surface area contributed by atoms with Gasteiger partial charge in [-0.05, 0) is 29.8 Å². The molecule has 0 N–H and O–H groups in total. The van der Waals surface area contributed by atoms with E-state index in [1.54, 1.807) is 28.0 Å². The minimum absolute atomic E-state index is 0.0916. The molecule has 0 saturated heterocycles. The number of aromatic nitrogens is 1. The molecule has 0 spiro atoms. The van der Waals surface area contributed by atoms with E-state index in [1.165, 1.54) is 0 Å². The first-order valence-corrected chi connectivity index (χ1v) is 9.30. The van der Waals surface area contributed by atoms with E-state index in [9.17, 15) is 9.59 Å². The average Bonchev–Trinajstić information content (AvgIpc) is 3.44. The summed E-state index contributed by atoms with van der Waals surface area (Å²) in [7, 11) is 0. The second-order valence-corrected chi connectivity index (χ2v) is 7.15. The number of hydrogen-bond acceptors (Lipinski definition) is 5. The van der Waals surface area contributed by atoms with Crippen LogP contribution in [-0.4, -0.2) is 23.6 Å². The summed E-state index contributed by atoms with van der Waals surface area (Å²) in [5, 5.41) is 0. The number of carbonyl (C=O) groups is 2. The van der Waals surface area contributed by atoms with Crippen LogP contribution in [0.25, 0.3) is 0 Å². The lowest BCUT2D eigenvalue weighted by Crippen LogP contribution is -2.26. The van der Waals surface area contributed by atoms with E-state index < -0.39 is 0 Å². The smallest absolute Gasteiger partial charge is 0.277 e. The summed E-state index contributed by atoms with van der Waals surface area (Å²) in [5.74, 6) is 1.51. The van der Waals surface area contributed by atoms with Gasteiger partial charge in [0.15, 0.2) is 11.5 Å². The van der Waals surface area contributed by atoms with Gasteiger partial charge in [0.25, 0.3) is 11.8 Å². The molecule has 3 aliphatic rings. The van der Waals surface area contributed by atoms with Gasteiger partial charge in [0.1, 0.15) is 11.5 Å². The topological polar surface area (TPSA) is 72.0 Å². The Kier molecular flexibility index (Phi) is 3.23. The molecule has 3 aliphatic heterocycles. The van der Waals surface area contributed by atoms with Crippen molar-refractivity contribution in [3.8, 4) is 11.5 Å². The minimum Gasteiger partial charge on any atom is -0.454 e. The van der Waals surface area contributed by atoms with Crippen LogP contribution in [0.2, 0.25) is 0 Å². The van der Waals surface area contributed by atoms with Crippen molar-refractivity contribution in [1.29, 1.82) is 0 Å². The van der Waals surface area contributed by atoms with Crippen LogP contribution in [0.15, 0.2) is 54.6 Å². The number of carbonyl (C=O) groups excluding carboxylic acids is 2. The van der Waals surface area contributed by atoms with Crippen molar-refractivity contribution in [2.24, 2.45) is 0 Å². The molecule has 2 aromatic carbocycles. The summed E-state index contributed by atoms with van der Waals surface area (Å²) < 4.78 is 10.8. The standard InChI is InChI=1S/C22H15N3O4/c26-21-16-4-2-1-3-13(16)10-25(21)19-8-5-14-11-24(22(27)20(14)23-19)15-6-7-17-18(9-15)29-12-28-17/h1-9H,10-12H2. The summed E-state index contributed by atoms with van der Waals surface area (Å²) in [6, 6.07) is 16.6. The highest BCUT2D eigenvalue weighted by molar-refractivity contribution is 6.11. The Morgan fingerprint density at radius 2 is 1.62 bits per heavy atom. The molecular formula is C22H15N3O4. The second-order valence-electron chi connectivity index (χ2n) is 7.15. The monoisotopic (exact) mass is 385 g/mol. The maximum Gasteiger partial charge on any atom is 0.277 e. The largest absolute Gasteiger partial charge is 0.454 e. The number of nitrogens with zero attached hydrogens (tertiary/aromatic N) is 3. The van der Waals surface area contributed by atoms with Crippen LogP contribution in [0.3, 0.4) is 0 Å². The summed E-state index contributed by atoms with van der Waals surface area (Å²) in [5.41, 5.74) is 3.59. The Labute approximate surface area is 166 Å². The highest BCUT2D eigenvalue weighted by atomic mass is 16.7. The lowest BCUT2D eigenvalue weighted by atomic mass is 10.1. The molecule has 7 heteroatoms. The van der Waals surface area contributed by atoms with Gasteiger partial charge in [0, 0.05) is 22.9 Å². The zero-order valence-electron chi connectivity index (χ0n) is 15.3. The third-order valence-electron chi connectivity index (χ3n) is 5.51. The molecule has 0 fully saturated rings. The predicted molar refractivity (Wildman–Crippen MR) is 104 cm³/mol. The minimum atomic E-state index is -0.190. The molecule has 7 nitrogen and oxygen atoms in total. The first-order chi connectivity index (χ1) is 14.2. The van der Waals surface area contributed by atoms with Gasteiger partial charge in [-0.3, -0.25) is 14.5 Å². The van der Waals surface area contributed by atoms with Crippen molar-refractivity contribution in [3.05, 3.63) is 77.0 Å². The second kappa shape index (κ2) is 5.81. The Balaban J connectivity index is 1.32. The molecule has 4 heterocycles. The molecule has 0 unspecified atom stereocenters. The molecule has 29 heavy (non-hydrogen) atoms. The van der Waals surface area contributed by atoms with E-state index in [0.29, 0.717) is 41.7 Å². The molecular weight excluding hydrogens is 370 g/mol. The fourth-order valence-corrected chi connectivity index (χ4v) is 4.01. The highest BCUT2D eigenvalue weighted by Gasteiger charge is 2.34. The van der Waals surface area contributed by atoms with E-state index in [4.69, 9.17) is 9.47 Å². The number of hydrogen-bond donors (Lipinski definition) is 0. The number of anilines is 2. The SMILES string of the molecule is O=C1c2nc(N3Cc4ccccc4C3=O)ccc2CN1c1ccc2c(c1)OCO2. The Bertz CT molecular complexity index is 1210. The highest BCUT2D eigenvalue weighted by Crippen LogP contribution is 2.38. The molecule has 0 bridgehead atoms. The number of ether oxygens (including phenoxy) is 2. The summed E-state index contributed by atoms with van der Waals surface area (Å²) in [6.45, 7) is 1.07. The van der Waals surface area contributed by atoms with Crippen molar-refractivity contribution in [3.63, 3.8) is 0 Å². The zero-order chi connectivity index (χ0) is 19.5. The molecule has 0 aliphatic carbocycles. The molecule has 142 valence electrons. The van der Waals surface area contributed by atoms with E-state index in [0.717, 1.165) is 16.8 Å². The number of benzene rings is 2. The normalized spacial score (nSPS) is 16.4. The summed E-state index contributed by atoms with van der Waals surface area (Å²) >= 11 is 0. The van der Waals surface area contributed by atoms with Gasteiger partial charge in [0.2, 0.25) is 6.79 Å². The van der Waals surface area contributed by atoms with Crippen molar-refractivity contribution in [1.82, 2.24) is 4.98 Å². The summed E-state index contributed by atoms with van der Waals surface area (Å²) in [4.78, 5) is 33.6. The first kappa shape index (κ1) is 16.1. The van der Waals surface area contributed by atoms with E-state index in [1.807, 2.05) is 36.4 Å². The van der Waals surface area contributed by atoms with Crippen molar-refractivity contribution in [2.45, 2.75) is 13.1 Å². The third-order valence-corrected chi connectivity index (χ3v) is 5.51. The molecule has 3 aromatic rings. The third kappa shape index (κ3) is 2.34. The van der Waals surface area contributed by atoms with Crippen LogP contribution in [-0.2, 0) is 13.1 Å². The van der Waals surface area contributed by atoms with Crippen molar-refractivity contribution in [2.75, 3.05) is 16.6 Å². The van der Waals surface area contributed by atoms with Crippen molar-refractivity contribution >= 4 is 23.3 Å². The maximum atomic E-state index is 13.1. The van der Waals surface area contributed by atoms with Gasteiger partial charge in [-0.1, -0.05) is 24.3 Å². The predicted octanol–water partition coefficient (Wildman–Crippen LogP) is 3.13. The zero-order valence-corrected chi connectivity index (χ0v) is 15.3. The molecule has 0 radical (unpaired) electrons. The van der Waals surface area contributed by atoms with Gasteiger partial charge >= 0.3 is 0 Å². The lowest BCUT2D eigenvalue weighted by Gasteiger charge is -2.16. The average molecular weight is 385 g/mol.